The Morgan fingerprint density at radius 1 is 1.06 bits per heavy atom. The molecule has 162 valence electrons. The Hall–Kier alpha value is -2.58. The molecule has 3 heterocycles. The summed E-state index contributed by atoms with van der Waals surface area (Å²) in [5.74, 6) is 0. The highest BCUT2D eigenvalue weighted by Gasteiger charge is 2.26. The number of hydrogen-bond donors (Lipinski definition) is 1. The second-order valence-electron chi connectivity index (χ2n) is 8.75. The van der Waals surface area contributed by atoms with Gasteiger partial charge in [-0.3, -0.25) is 4.98 Å². The molecule has 0 aliphatic carbocycles. The van der Waals surface area contributed by atoms with Crippen LogP contribution in [-0.2, 0) is 0 Å². The number of aromatic nitrogens is 1. The van der Waals surface area contributed by atoms with Crippen LogP contribution in [0.15, 0.2) is 86.2 Å². The first-order chi connectivity index (χ1) is 15.3. The van der Waals surface area contributed by atoms with E-state index in [0.29, 0.717) is 5.17 Å². The Kier molecular flexibility index (Phi) is 5.37. The van der Waals surface area contributed by atoms with Crippen molar-refractivity contribution in [3.8, 4) is 0 Å². The highest BCUT2D eigenvalue weighted by atomic mass is 35.5. The van der Waals surface area contributed by atoms with Gasteiger partial charge < -0.3 is 10.2 Å². The van der Waals surface area contributed by atoms with E-state index in [9.17, 15) is 0 Å². The predicted molar refractivity (Wildman–Crippen MR) is 136 cm³/mol. The Labute approximate surface area is 197 Å². The smallest absolute Gasteiger partial charge is 0.165 e. The summed E-state index contributed by atoms with van der Waals surface area (Å²) in [7, 11) is -1.55. The molecule has 8 heteroatoms. The number of rotatable bonds is 4. The summed E-state index contributed by atoms with van der Waals surface area (Å²) in [5.41, 5.74) is 11.0. The van der Waals surface area contributed by atoms with E-state index in [1.807, 2.05) is 48.7 Å². The average molecular weight is 479 g/mol. The average Bonchev–Trinajstić information content (AvgIpc) is 3.23. The van der Waals surface area contributed by atoms with Crippen molar-refractivity contribution in [2.45, 2.75) is 35.6 Å². The van der Waals surface area contributed by atoms with E-state index < -0.39 is 14.2 Å². The Balaban J connectivity index is 1.42. The van der Waals surface area contributed by atoms with E-state index in [0.717, 1.165) is 43.1 Å². The second-order valence-corrected chi connectivity index (χ2v) is 15.2. The fourth-order valence-corrected chi connectivity index (χ4v) is 5.79. The van der Waals surface area contributed by atoms with Crippen LogP contribution >= 0.6 is 23.4 Å². The quantitative estimate of drug-likeness (QED) is 0.370. The van der Waals surface area contributed by atoms with Crippen LogP contribution < -0.4 is 16.1 Å². The molecular formula is C24H23ClN4OSSi. The van der Waals surface area contributed by atoms with Crippen LogP contribution in [0.25, 0.3) is 11.1 Å². The molecule has 2 N–H and O–H groups in total. The molecule has 5 rings (SSSR count). The molecule has 0 fully saturated rings. The normalized spacial score (nSPS) is 16.2. The molecule has 4 aromatic rings. The van der Waals surface area contributed by atoms with Gasteiger partial charge in [-0.25, -0.2) is 5.01 Å². The van der Waals surface area contributed by atoms with Crippen molar-refractivity contribution in [1.82, 2.24) is 4.98 Å². The van der Waals surface area contributed by atoms with E-state index >= 15 is 0 Å². The number of hydrogen-bond acceptors (Lipinski definition) is 6. The fraction of sp³-hybridized carbons (Fsp3) is 0.167. The van der Waals surface area contributed by atoms with Crippen LogP contribution in [0, 0.1) is 0 Å². The van der Waals surface area contributed by atoms with Crippen molar-refractivity contribution >= 4 is 58.8 Å². The minimum Gasteiger partial charge on any atom is -0.463 e. The molecule has 0 radical (unpaired) electrons. The first-order valence-electron chi connectivity index (χ1n) is 10.4. The van der Waals surface area contributed by atoms with E-state index in [1.54, 1.807) is 16.8 Å². The van der Waals surface area contributed by atoms with Crippen LogP contribution in [0.3, 0.4) is 0 Å². The van der Waals surface area contributed by atoms with Gasteiger partial charge in [0.15, 0.2) is 10.8 Å². The third-order valence-electron chi connectivity index (χ3n) is 5.40. The number of pyridine rings is 1. The van der Waals surface area contributed by atoms with Gasteiger partial charge in [0.2, 0.25) is 0 Å². The first-order valence-corrected chi connectivity index (χ1v) is 15.1. The molecule has 0 spiro atoms. The van der Waals surface area contributed by atoms with Crippen molar-refractivity contribution in [2.75, 3.05) is 5.01 Å². The Morgan fingerprint density at radius 2 is 1.81 bits per heavy atom. The van der Waals surface area contributed by atoms with E-state index in [4.69, 9.17) is 21.8 Å². The van der Waals surface area contributed by atoms with Crippen LogP contribution in [-0.4, -0.2) is 18.2 Å². The van der Waals surface area contributed by atoms with Gasteiger partial charge in [-0.15, -0.1) is 0 Å². The van der Waals surface area contributed by atoms with Crippen molar-refractivity contribution in [2.24, 2.45) is 10.8 Å². The maximum absolute atomic E-state index is 6.48. The summed E-state index contributed by atoms with van der Waals surface area (Å²) in [5, 5.41) is 7.79. The lowest BCUT2D eigenvalue weighted by atomic mass is 10.0. The number of furan rings is 1. The predicted octanol–water partition coefficient (Wildman–Crippen LogP) is 5.90. The lowest BCUT2D eigenvalue weighted by molar-refractivity contribution is 0.639. The van der Waals surface area contributed by atoms with Crippen molar-refractivity contribution in [1.29, 1.82) is 0 Å². The van der Waals surface area contributed by atoms with Crippen LogP contribution in [0.4, 0.5) is 5.69 Å². The van der Waals surface area contributed by atoms with Gasteiger partial charge >= 0.3 is 0 Å². The third kappa shape index (κ3) is 3.86. The molecule has 2 aromatic carbocycles. The maximum atomic E-state index is 6.48. The van der Waals surface area contributed by atoms with Gasteiger partial charge in [0.05, 0.1) is 16.0 Å². The summed E-state index contributed by atoms with van der Waals surface area (Å²) in [6, 6.07) is 20.1. The molecule has 5 nitrogen and oxygen atoms in total. The Bertz CT molecular complexity index is 1330. The molecule has 1 atom stereocenters. The van der Waals surface area contributed by atoms with E-state index in [1.165, 1.54) is 0 Å². The number of nitrogens with two attached hydrogens (primary N) is 1. The monoisotopic (exact) mass is 478 g/mol. The number of halogens is 1. The van der Waals surface area contributed by atoms with Gasteiger partial charge in [-0.05, 0) is 30.3 Å². The highest BCUT2D eigenvalue weighted by molar-refractivity contribution is 7.99. The minimum absolute atomic E-state index is 0.393. The first kappa shape index (κ1) is 21.3. The summed E-state index contributed by atoms with van der Waals surface area (Å²) in [4.78, 5) is 6.64. The molecular weight excluding hydrogens is 456 g/mol. The zero-order valence-electron chi connectivity index (χ0n) is 18.0. The topological polar surface area (TPSA) is 67.7 Å². The standard InChI is InChI=1S/C24H23ClN4OSSi/c1-32(2,3)21-14-19-22(30-21)20(12-13-27-19)31-16-10-8-15(9-11-16)29-24(26)18-7-5-4-6-17(18)23(25)28-29/h4-14,24H,26H2,1-3H3. The lowest BCUT2D eigenvalue weighted by Crippen LogP contribution is -2.36. The second kappa shape index (κ2) is 8.08. The largest absolute Gasteiger partial charge is 0.463 e. The van der Waals surface area contributed by atoms with Gasteiger partial charge in [0.1, 0.15) is 19.8 Å². The van der Waals surface area contributed by atoms with Gasteiger partial charge in [0, 0.05) is 28.3 Å². The van der Waals surface area contributed by atoms with Gasteiger partial charge in [0.25, 0.3) is 0 Å². The van der Waals surface area contributed by atoms with Crippen LogP contribution in [0.1, 0.15) is 17.3 Å². The van der Waals surface area contributed by atoms with Crippen molar-refractivity contribution < 1.29 is 4.42 Å². The molecule has 1 aliphatic rings. The fourth-order valence-electron chi connectivity index (χ4n) is 3.66. The van der Waals surface area contributed by atoms with Crippen LogP contribution in [0.5, 0.6) is 0 Å². The summed E-state index contributed by atoms with van der Waals surface area (Å²) < 4.78 is 6.24. The molecule has 0 bridgehead atoms. The number of hydrazone groups is 1. The number of fused-ring (bicyclic) bond motifs is 2. The number of nitrogens with zero attached hydrogens (tertiary/aromatic N) is 3. The van der Waals surface area contributed by atoms with Crippen LogP contribution in [0.2, 0.25) is 19.6 Å². The van der Waals surface area contributed by atoms with Crippen molar-refractivity contribution in [3.63, 3.8) is 0 Å². The molecule has 0 amide bonds. The highest BCUT2D eigenvalue weighted by Crippen LogP contribution is 2.36. The van der Waals surface area contributed by atoms with Gasteiger partial charge in [-0.2, -0.15) is 5.10 Å². The molecule has 1 aliphatic heterocycles. The van der Waals surface area contributed by atoms with E-state index in [-0.39, 0.29) is 0 Å². The zero-order valence-corrected chi connectivity index (χ0v) is 20.6. The molecule has 0 saturated heterocycles. The maximum Gasteiger partial charge on any atom is 0.165 e. The minimum atomic E-state index is -1.55. The zero-order chi connectivity index (χ0) is 22.5. The molecule has 0 saturated carbocycles. The summed E-state index contributed by atoms with van der Waals surface area (Å²) >= 11 is 8.08. The SMILES string of the molecule is C[Si](C)(C)c1cc2nccc(Sc3ccc(N4N=C(Cl)c5ccccc5C4N)cc3)c2o1. The van der Waals surface area contributed by atoms with Gasteiger partial charge in [-0.1, -0.05) is 67.3 Å². The number of benzene rings is 2. The third-order valence-corrected chi connectivity index (χ3v) is 8.46. The molecule has 1 unspecified atom stereocenters. The summed E-state index contributed by atoms with van der Waals surface area (Å²) in [6.45, 7) is 6.82. The summed E-state index contributed by atoms with van der Waals surface area (Å²) in [6.07, 6.45) is 1.44. The lowest BCUT2D eigenvalue weighted by Gasteiger charge is -2.31. The Morgan fingerprint density at radius 3 is 2.56 bits per heavy atom. The molecule has 32 heavy (non-hydrogen) atoms. The molecule has 2 aromatic heterocycles. The van der Waals surface area contributed by atoms with Crippen molar-refractivity contribution in [3.05, 3.63) is 78.0 Å². The van der Waals surface area contributed by atoms with E-state index in [2.05, 4.69) is 47.9 Å². The number of anilines is 1.